The summed E-state index contributed by atoms with van der Waals surface area (Å²) in [4.78, 5) is 15.1. The van der Waals surface area contributed by atoms with Gasteiger partial charge in [-0.2, -0.15) is 8.42 Å². The molecule has 0 spiro atoms. The Hall–Kier alpha value is -2.22. The molecule has 1 heterocycles. The normalized spacial score (nSPS) is 14.9. The molecule has 1 aliphatic rings. The zero-order valence-electron chi connectivity index (χ0n) is 11.4. The van der Waals surface area contributed by atoms with Gasteiger partial charge in [0.15, 0.2) is 5.82 Å². The maximum Gasteiger partial charge on any atom is 0.284 e. The second kappa shape index (κ2) is 4.96. The molecule has 0 atom stereocenters. The summed E-state index contributed by atoms with van der Waals surface area (Å²) in [5, 5.41) is 6.62. The largest absolute Gasteiger partial charge is 0.326 e. The molecule has 1 fully saturated rings. The first kappa shape index (κ1) is 13.7. The SMILES string of the molecule is CC(=O)Nc1ccc(S(=O)(=O)n2cnc(C3CC3)n2)cc1. The maximum atomic E-state index is 12.4. The van der Waals surface area contributed by atoms with Gasteiger partial charge in [-0.05, 0) is 37.1 Å². The first-order chi connectivity index (χ1) is 9.96. The predicted molar refractivity (Wildman–Crippen MR) is 75.3 cm³/mol. The molecule has 21 heavy (non-hydrogen) atoms. The smallest absolute Gasteiger partial charge is 0.284 e. The molecule has 2 aromatic rings. The average molecular weight is 306 g/mol. The van der Waals surface area contributed by atoms with Crippen LogP contribution in [0.25, 0.3) is 0 Å². The Kier molecular flexibility index (Phi) is 3.25. The average Bonchev–Trinajstić information content (AvgIpc) is 3.15. The van der Waals surface area contributed by atoms with Crippen LogP contribution in [0.4, 0.5) is 5.69 Å². The number of rotatable bonds is 4. The van der Waals surface area contributed by atoms with Gasteiger partial charge in [0, 0.05) is 18.5 Å². The zero-order chi connectivity index (χ0) is 15.0. The molecule has 1 aliphatic carbocycles. The Morgan fingerprint density at radius 2 is 1.95 bits per heavy atom. The van der Waals surface area contributed by atoms with Gasteiger partial charge in [-0.15, -0.1) is 9.19 Å². The van der Waals surface area contributed by atoms with E-state index in [2.05, 4.69) is 15.4 Å². The monoisotopic (exact) mass is 306 g/mol. The fourth-order valence-electron chi connectivity index (χ4n) is 1.93. The van der Waals surface area contributed by atoms with Crippen LogP contribution in [0.5, 0.6) is 0 Å². The number of nitrogens with zero attached hydrogens (tertiary/aromatic N) is 3. The summed E-state index contributed by atoms with van der Waals surface area (Å²) < 4.78 is 25.7. The summed E-state index contributed by atoms with van der Waals surface area (Å²) in [6, 6.07) is 5.93. The molecule has 7 nitrogen and oxygen atoms in total. The Morgan fingerprint density at radius 1 is 1.29 bits per heavy atom. The predicted octanol–water partition coefficient (Wildman–Crippen LogP) is 1.35. The molecule has 0 bridgehead atoms. The van der Waals surface area contributed by atoms with E-state index in [1.54, 1.807) is 0 Å². The lowest BCUT2D eigenvalue weighted by Crippen LogP contribution is -2.14. The third kappa shape index (κ3) is 2.80. The fourth-order valence-corrected chi connectivity index (χ4v) is 2.99. The molecule has 1 aromatic heterocycles. The first-order valence-electron chi connectivity index (χ1n) is 6.51. The number of anilines is 1. The van der Waals surface area contributed by atoms with Crippen LogP contribution in [-0.4, -0.2) is 28.5 Å². The summed E-state index contributed by atoms with van der Waals surface area (Å²) in [6.45, 7) is 1.39. The minimum Gasteiger partial charge on any atom is -0.326 e. The summed E-state index contributed by atoms with van der Waals surface area (Å²) in [6.07, 6.45) is 3.25. The van der Waals surface area contributed by atoms with Crippen LogP contribution in [0.1, 0.15) is 31.5 Å². The summed E-state index contributed by atoms with van der Waals surface area (Å²) in [5.74, 6) is 0.660. The molecule has 0 saturated heterocycles. The van der Waals surface area contributed by atoms with E-state index < -0.39 is 10.0 Å². The number of nitrogens with one attached hydrogen (secondary N) is 1. The van der Waals surface area contributed by atoms with Crippen LogP contribution in [0.3, 0.4) is 0 Å². The van der Waals surface area contributed by atoms with Crippen LogP contribution in [0, 0.1) is 0 Å². The number of hydrogen-bond acceptors (Lipinski definition) is 5. The molecule has 1 N–H and O–H groups in total. The highest BCUT2D eigenvalue weighted by Crippen LogP contribution is 2.37. The second-order valence-corrected chi connectivity index (χ2v) is 6.76. The van der Waals surface area contributed by atoms with E-state index in [1.807, 2.05) is 0 Å². The van der Waals surface area contributed by atoms with Crippen molar-refractivity contribution in [2.24, 2.45) is 0 Å². The summed E-state index contributed by atoms with van der Waals surface area (Å²) in [5.41, 5.74) is 0.540. The van der Waals surface area contributed by atoms with Gasteiger partial charge in [0.25, 0.3) is 10.0 Å². The van der Waals surface area contributed by atoms with E-state index in [1.165, 1.54) is 37.5 Å². The molecular formula is C13H14N4O3S. The number of aromatic nitrogens is 3. The molecule has 1 saturated carbocycles. The van der Waals surface area contributed by atoms with Gasteiger partial charge in [0.2, 0.25) is 5.91 Å². The third-order valence-corrected chi connectivity index (χ3v) is 4.69. The van der Waals surface area contributed by atoms with Crippen molar-refractivity contribution in [1.29, 1.82) is 0 Å². The van der Waals surface area contributed by atoms with Gasteiger partial charge in [0.05, 0.1) is 4.90 Å². The van der Waals surface area contributed by atoms with Crippen molar-refractivity contribution in [2.75, 3.05) is 5.32 Å². The van der Waals surface area contributed by atoms with Gasteiger partial charge >= 0.3 is 0 Å². The molecule has 3 rings (SSSR count). The molecule has 110 valence electrons. The molecule has 1 aromatic carbocycles. The van der Waals surface area contributed by atoms with Gasteiger partial charge < -0.3 is 5.32 Å². The fraction of sp³-hybridized carbons (Fsp3) is 0.308. The van der Waals surface area contributed by atoms with E-state index in [4.69, 9.17) is 0 Å². The highest BCUT2D eigenvalue weighted by atomic mass is 32.2. The number of carbonyl (C=O) groups excluding carboxylic acids is 1. The molecule has 0 unspecified atom stereocenters. The molecule has 8 heteroatoms. The minimum absolute atomic E-state index is 0.101. The first-order valence-corrected chi connectivity index (χ1v) is 7.95. The molecule has 0 radical (unpaired) electrons. The van der Waals surface area contributed by atoms with E-state index in [-0.39, 0.29) is 10.8 Å². The van der Waals surface area contributed by atoms with Gasteiger partial charge in [-0.25, -0.2) is 4.98 Å². The zero-order valence-corrected chi connectivity index (χ0v) is 12.2. The van der Waals surface area contributed by atoms with E-state index >= 15 is 0 Å². The Labute approximate surface area is 122 Å². The second-order valence-electron chi connectivity index (χ2n) is 4.96. The standard InChI is InChI=1S/C13H14N4O3S/c1-9(18)15-11-4-6-12(7-5-11)21(19,20)17-8-14-13(16-17)10-2-3-10/h4-8,10H,2-3H2,1H3,(H,15,18). The van der Waals surface area contributed by atoms with Crippen LogP contribution >= 0.6 is 0 Å². The summed E-state index contributed by atoms with van der Waals surface area (Å²) in [7, 11) is -3.74. The van der Waals surface area contributed by atoms with Crippen molar-refractivity contribution in [2.45, 2.75) is 30.6 Å². The van der Waals surface area contributed by atoms with E-state index in [0.29, 0.717) is 17.4 Å². The Balaban J connectivity index is 1.87. The minimum atomic E-state index is -3.74. The lowest BCUT2D eigenvalue weighted by atomic mass is 10.3. The highest BCUT2D eigenvalue weighted by Gasteiger charge is 2.29. The maximum absolute atomic E-state index is 12.4. The van der Waals surface area contributed by atoms with Gasteiger partial charge in [0.1, 0.15) is 6.33 Å². The number of hydrogen-bond donors (Lipinski definition) is 1. The van der Waals surface area contributed by atoms with E-state index in [9.17, 15) is 13.2 Å². The van der Waals surface area contributed by atoms with E-state index in [0.717, 1.165) is 16.9 Å². The van der Waals surface area contributed by atoms with Crippen molar-refractivity contribution >= 4 is 21.6 Å². The topological polar surface area (TPSA) is 94.0 Å². The molecule has 1 amide bonds. The van der Waals surface area contributed by atoms with Crippen molar-refractivity contribution in [3.8, 4) is 0 Å². The number of carbonyl (C=O) groups is 1. The number of benzene rings is 1. The van der Waals surface area contributed by atoms with Crippen LogP contribution < -0.4 is 5.32 Å². The van der Waals surface area contributed by atoms with Crippen LogP contribution in [0.2, 0.25) is 0 Å². The van der Waals surface area contributed by atoms with Crippen LogP contribution in [0.15, 0.2) is 35.5 Å². The summed E-state index contributed by atoms with van der Waals surface area (Å²) >= 11 is 0. The van der Waals surface area contributed by atoms with Gasteiger partial charge in [-0.1, -0.05) is 0 Å². The van der Waals surface area contributed by atoms with Crippen LogP contribution in [-0.2, 0) is 14.8 Å². The molecule has 0 aliphatic heterocycles. The lowest BCUT2D eigenvalue weighted by Gasteiger charge is -2.05. The van der Waals surface area contributed by atoms with Crippen molar-refractivity contribution in [3.63, 3.8) is 0 Å². The van der Waals surface area contributed by atoms with Crippen molar-refractivity contribution < 1.29 is 13.2 Å². The quantitative estimate of drug-likeness (QED) is 0.920. The Morgan fingerprint density at radius 3 is 2.52 bits per heavy atom. The van der Waals surface area contributed by atoms with Gasteiger partial charge in [-0.3, -0.25) is 4.79 Å². The number of amides is 1. The van der Waals surface area contributed by atoms with Crippen molar-refractivity contribution in [3.05, 3.63) is 36.4 Å². The molecular weight excluding hydrogens is 292 g/mol. The highest BCUT2D eigenvalue weighted by molar-refractivity contribution is 7.89. The van der Waals surface area contributed by atoms with Crippen molar-refractivity contribution in [1.82, 2.24) is 14.2 Å². The lowest BCUT2D eigenvalue weighted by molar-refractivity contribution is -0.114. The third-order valence-electron chi connectivity index (χ3n) is 3.15. The Bertz CT molecular complexity index is 776.